The summed E-state index contributed by atoms with van der Waals surface area (Å²) in [5, 5.41) is 33.2. The van der Waals surface area contributed by atoms with Gasteiger partial charge < -0.3 is 30.7 Å². The number of nitrogens with zero attached hydrogens (tertiary/aromatic N) is 1. The first kappa shape index (κ1) is 31.9. The lowest BCUT2D eigenvalue weighted by molar-refractivity contribution is -0.148. The molecule has 0 fully saturated rings. The molecule has 38 heavy (non-hydrogen) atoms. The van der Waals surface area contributed by atoms with Crippen LogP contribution >= 0.6 is 11.3 Å². The summed E-state index contributed by atoms with van der Waals surface area (Å²) >= 11 is 1.13. The topological polar surface area (TPSA) is 191 Å². The molecule has 2 rings (SSSR count). The Labute approximate surface area is 222 Å². The maximum absolute atomic E-state index is 12.5. The number of esters is 1. The van der Waals surface area contributed by atoms with Gasteiger partial charge in [-0.15, -0.1) is 11.3 Å². The number of halogens is 1. The van der Waals surface area contributed by atoms with Crippen molar-refractivity contribution in [2.75, 3.05) is 19.7 Å². The average molecular weight is 552 g/mol. The lowest BCUT2D eigenvalue weighted by atomic mass is 10.2. The zero-order chi connectivity index (χ0) is 29.0. The Morgan fingerprint density at radius 3 is 2.18 bits per heavy atom. The molecular formula is C25H30FN3O8S. The molecule has 0 spiro atoms. The van der Waals surface area contributed by atoms with Crippen LogP contribution in [0.3, 0.4) is 0 Å². The van der Waals surface area contributed by atoms with Crippen LogP contribution in [0.2, 0.25) is 0 Å². The van der Waals surface area contributed by atoms with E-state index in [2.05, 4.69) is 0 Å². The Morgan fingerprint density at radius 1 is 1.13 bits per heavy atom. The molecule has 0 radical (unpaired) electrons. The average Bonchev–Trinajstić information content (AvgIpc) is 3.29. The van der Waals surface area contributed by atoms with E-state index in [1.54, 1.807) is 37.3 Å². The maximum atomic E-state index is 12.5. The smallest absolute Gasteiger partial charge is 0.353 e. The second kappa shape index (κ2) is 14.6. The number of hydrogen-bond donors (Lipinski definition) is 5. The number of aliphatic hydroxyl groups excluding tert-OH is 1. The Bertz CT molecular complexity index is 1190. The highest BCUT2D eigenvalue weighted by Crippen LogP contribution is 2.22. The number of aliphatic hydroxyl groups is 1. The number of nitrogen functional groups attached to an aromatic ring is 1. The Kier molecular flexibility index (Phi) is 12.3. The summed E-state index contributed by atoms with van der Waals surface area (Å²) in [7, 11) is 0. The van der Waals surface area contributed by atoms with E-state index in [1.807, 2.05) is 0 Å². The quantitative estimate of drug-likeness (QED) is 0.0918. The van der Waals surface area contributed by atoms with Crippen LogP contribution in [0.1, 0.15) is 47.3 Å². The highest BCUT2D eigenvalue weighted by Gasteiger charge is 2.25. The van der Waals surface area contributed by atoms with Crippen molar-refractivity contribution < 1.29 is 43.6 Å². The number of thiophene rings is 1. The lowest BCUT2D eigenvalue weighted by Gasteiger charge is -2.20. The van der Waals surface area contributed by atoms with E-state index >= 15 is 0 Å². The Morgan fingerprint density at radius 2 is 1.71 bits per heavy atom. The number of amides is 1. The van der Waals surface area contributed by atoms with Gasteiger partial charge in [0.2, 0.25) is 11.6 Å². The Hall–Kier alpha value is -4.10. The summed E-state index contributed by atoms with van der Waals surface area (Å²) in [5.41, 5.74) is 4.13. The van der Waals surface area contributed by atoms with Crippen molar-refractivity contribution in [2.24, 2.45) is 5.73 Å². The van der Waals surface area contributed by atoms with Crippen LogP contribution in [-0.4, -0.2) is 75.2 Å². The summed E-state index contributed by atoms with van der Waals surface area (Å²) in [6, 6.07) is 9.45. The number of aliphatic carboxylic acids is 2. The highest BCUT2D eigenvalue weighted by molar-refractivity contribution is 7.14. The van der Waals surface area contributed by atoms with Gasteiger partial charge in [-0.2, -0.15) is 0 Å². The molecule has 0 aliphatic heterocycles. The van der Waals surface area contributed by atoms with Gasteiger partial charge in [-0.05, 0) is 69.7 Å². The van der Waals surface area contributed by atoms with Gasteiger partial charge in [0.15, 0.2) is 0 Å². The van der Waals surface area contributed by atoms with E-state index < -0.39 is 36.0 Å². The number of carbonyl (C=O) groups is 4. The van der Waals surface area contributed by atoms with Gasteiger partial charge in [0.05, 0.1) is 0 Å². The fraction of sp³-hybridized carbons (Fsp3) is 0.320. The summed E-state index contributed by atoms with van der Waals surface area (Å²) < 4.78 is 17.2. The molecule has 0 aliphatic carbocycles. The van der Waals surface area contributed by atoms with Crippen LogP contribution in [-0.2, 0) is 14.4 Å². The van der Waals surface area contributed by atoms with E-state index in [0.717, 1.165) is 30.1 Å². The van der Waals surface area contributed by atoms with Crippen molar-refractivity contribution in [3.05, 3.63) is 57.3 Å². The van der Waals surface area contributed by atoms with Crippen LogP contribution in [0.15, 0.2) is 42.0 Å². The molecule has 6 N–H and O–H groups in total. The van der Waals surface area contributed by atoms with Crippen molar-refractivity contribution in [1.29, 1.82) is 5.41 Å². The normalized spacial score (nSPS) is 11.1. The first-order valence-electron chi connectivity index (χ1n) is 11.1. The minimum absolute atomic E-state index is 0.0873. The van der Waals surface area contributed by atoms with Crippen molar-refractivity contribution in [2.45, 2.75) is 32.9 Å². The van der Waals surface area contributed by atoms with Gasteiger partial charge in [-0.25, -0.2) is 14.0 Å². The van der Waals surface area contributed by atoms with Crippen molar-refractivity contribution in [3.8, 4) is 5.75 Å². The predicted molar refractivity (Wildman–Crippen MR) is 139 cm³/mol. The van der Waals surface area contributed by atoms with Gasteiger partial charge in [0.1, 0.15) is 23.0 Å². The number of benzene rings is 1. The van der Waals surface area contributed by atoms with Crippen LogP contribution in [0.4, 0.5) is 4.39 Å². The second-order valence-electron chi connectivity index (χ2n) is 8.33. The highest BCUT2D eigenvalue weighted by atomic mass is 32.1. The molecule has 0 aliphatic rings. The molecule has 0 saturated carbocycles. The largest absolute Gasteiger partial charge is 0.480 e. The first-order valence-corrected chi connectivity index (χ1v) is 12.0. The van der Waals surface area contributed by atoms with Gasteiger partial charge in [-0.3, -0.25) is 15.0 Å². The SMILES string of the molecule is C/C(=C\c1ccc(C(=O)Oc2ccc(C(=N)N)cc2)s1)C(=O)N(CCCO)CC(=O)O.CC(C)(F)C(=O)O. The van der Waals surface area contributed by atoms with Gasteiger partial charge in [0.25, 0.3) is 0 Å². The van der Waals surface area contributed by atoms with E-state index in [9.17, 15) is 23.6 Å². The van der Waals surface area contributed by atoms with E-state index in [4.69, 9.17) is 31.2 Å². The molecule has 1 aromatic heterocycles. The summed E-state index contributed by atoms with van der Waals surface area (Å²) in [4.78, 5) is 47.6. The van der Waals surface area contributed by atoms with Crippen LogP contribution in [0.5, 0.6) is 5.75 Å². The Balaban J connectivity index is 0.000000905. The summed E-state index contributed by atoms with van der Waals surface area (Å²) in [6.07, 6.45) is 1.84. The third-order valence-electron chi connectivity index (χ3n) is 4.61. The third kappa shape index (κ3) is 10.9. The number of rotatable bonds is 11. The molecule has 1 heterocycles. The zero-order valence-corrected chi connectivity index (χ0v) is 21.9. The van der Waals surface area contributed by atoms with Crippen molar-refractivity contribution in [1.82, 2.24) is 4.90 Å². The number of carboxylic acids is 2. The molecule has 0 atom stereocenters. The van der Waals surface area contributed by atoms with E-state index in [0.29, 0.717) is 26.6 Å². The monoisotopic (exact) mass is 551 g/mol. The zero-order valence-electron chi connectivity index (χ0n) is 21.1. The number of carboxylic acid groups (broad SMARTS) is 2. The second-order valence-corrected chi connectivity index (χ2v) is 9.45. The number of hydrogen-bond acceptors (Lipinski definition) is 8. The minimum atomic E-state index is -2.08. The first-order chi connectivity index (χ1) is 17.6. The standard InChI is InChI=1S/C21H23N3O6S.C4H7FO2/c1-13(20(28)24(9-2-10-25)12-18(26)27)11-16-7-8-17(31-16)21(29)30-15-5-3-14(4-6-15)19(22)23;1-4(2,5)3(6)7/h3-8,11,25H,2,9-10,12H2,1H3,(H3,22,23)(H,26,27);1-2H3,(H,6,7)/b13-11+;. The van der Waals surface area contributed by atoms with Crippen LogP contribution in [0.25, 0.3) is 6.08 Å². The third-order valence-corrected chi connectivity index (χ3v) is 5.62. The molecule has 0 saturated heterocycles. The van der Waals surface area contributed by atoms with Crippen LogP contribution in [0, 0.1) is 5.41 Å². The van der Waals surface area contributed by atoms with E-state index in [-0.39, 0.29) is 25.4 Å². The molecule has 0 unspecified atom stereocenters. The van der Waals surface area contributed by atoms with Gasteiger partial charge in [0, 0.05) is 29.2 Å². The molecule has 2 aromatic rings. The van der Waals surface area contributed by atoms with Gasteiger partial charge >= 0.3 is 17.9 Å². The number of carbonyl (C=O) groups excluding carboxylic acids is 2. The summed E-state index contributed by atoms with van der Waals surface area (Å²) in [6.45, 7) is 3.06. The minimum Gasteiger partial charge on any atom is -0.480 e. The van der Waals surface area contributed by atoms with Crippen LogP contribution < -0.4 is 10.5 Å². The molecule has 1 aromatic carbocycles. The molecule has 206 valence electrons. The maximum Gasteiger partial charge on any atom is 0.353 e. The molecule has 11 nitrogen and oxygen atoms in total. The number of nitrogens with two attached hydrogens (primary N) is 1. The number of amidine groups is 1. The fourth-order valence-corrected chi connectivity index (χ4v) is 3.49. The number of alkyl halides is 1. The van der Waals surface area contributed by atoms with Crippen molar-refractivity contribution >= 4 is 47.1 Å². The number of ether oxygens (including phenoxy) is 1. The molecule has 0 bridgehead atoms. The lowest BCUT2D eigenvalue weighted by Crippen LogP contribution is -2.37. The summed E-state index contributed by atoms with van der Waals surface area (Å²) in [5.74, 6) is -3.38. The number of nitrogens with one attached hydrogen (secondary N) is 1. The molecular weight excluding hydrogens is 521 g/mol. The molecule has 1 amide bonds. The van der Waals surface area contributed by atoms with E-state index in [1.165, 1.54) is 12.1 Å². The fourth-order valence-electron chi connectivity index (χ4n) is 2.60. The molecule has 13 heteroatoms. The van der Waals surface area contributed by atoms with Crippen molar-refractivity contribution in [3.63, 3.8) is 0 Å². The predicted octanol–water partition coefficient (Wildman–Crippen LogP) is 2.77. The van der Waals surface area contributed by atoms with Gasteiger partial charge in [-0.1, -0.05) is 0 Å².